The summed E-state index contributed by atoms with van der Waals surface area (Å²) in [6.07, 6.45) is 0. The average molecular weight is 279 g/mol. The lowest BCUT2D eigenvalue weighted by Gasteiger charge is -2.13. The van der Waals surface area contributed by atoms with E-state index in [1.807, 2.05) is 13.8 Å². The van der Waals surface area contributed by atoms with E-state index in [9.17, 15) is 9.59 Å². The molecular formula is C14H21N3O3. The standard InChI is InChI=1S/C14H21N3O3/c1-9(2)15-8-14(19)17-12-7-11(16-10(3)18)5-6-13(12)20-4/h5-7,9,15H,8H2,1-4H3,(H,16,18)(H,17,19). The highest BCUT2D eigenvalue weighted by molar-refractivity contribution is 5.95. The van der Waals surface area contributed by atoms with Crippen LogP contribution in [0.5, 0.6) is 5.75 Å². The fourth-order valence-electron chi connectivity index (χ4n) is 1.58. The fourth-order valence-corrected chi connectivity index (χ4v) is 1.58. The van der Waals surface area contributed by atoms with Crippen molar-refractivity contribution in [2.24, 2.45) is 0 Å². The molecule has 0 aliphatic rings. The predicted octanol–water partition coefficient (Wildman–Crippen LogP) is 1.59. The van der Waals surface area contributed by atoms with E-state index in [1.165, 1.54) is 14.0 Å². The number of ether oxygens (including phenoxy) is 1. The van der Waals surface area contributed by atoms with Gasteiger partial charge in [-0.25, -0.2) is 0 Å². The molecule has 0 spiro atoms. The first-order valence-corrected chi connectivity index (χ1v) is 6.41. The number of rotatable bonds is 6. The van der Waals surface area contributed by atoms with Gasteiger partial charge in [-0.1, -0.05) is 13.8 Å². The van der Waals surface area contributed by atoms with Crippen molar-refractivity contribution in [3.8, 4) is 5.75 Å². The van der Waals surface area contributed by atoms with E-state index in [0.717, 1.165) is 0 Å². The van der Waals surface area contributed by atoms with E-state index >= 15 is 0 Å². The van der Waals surface area contributed by atoms with E-state index in [0.29, 0.717) is 17.1 Å². The number of carbonyl (C=O) groups excluding carboxylic acids is 2. The third-order valence-corrected chi connectivity index (χ3v) is 2.46. The lowest BCUT2D eigenvalue weighted by atomic mass is 10.2. The molecule has 0 saturated carbocycles. The Morgan fingerprint density at radius 2 is 1.95 bits per heavy atom. The first kappa shape index (κ1) is 16.0. The summed E-state index contributed by atoms with van der Waals surface area (Å²) in [6, 6.07) is 5.29. The van der Waals surface area contributed by atoms with E-state index in [-0.39, 0.29) is 24.4 Å². The molecular weight excluding hydrogens is 258 g/mol. The molecule has 1 aromatic carbocycles. The largest absolute Gasteiger partial charge is 0.495 e. The van der Waals surface area contributed by atoms with Gasteiger partial charge in [-0.2, -0.15) is 0 Å². The minimum atomic E-state index is -0.172. The van der Waals surface area contributed by atoms with Crippen LogP contribution in [-0.2, 0) is 9.59 Å². The summed E-state index contributed by atoms with van der Waals surface area (Å²) in [4.78, 5) is 22.8. The molecule has 0 unspecified atom stereocenters. The van der Waals surface area contributed by atoms with Gasteiger partial charge in [0.2, 0.25) is 11.8 Å². The molecule has 6 heteroatoms. The highest BCUT2D eigenvalue weighted by atomic mass is 16.5. The summed E-state index contributed by atoms with van der Waals surface area (Å²) >= 11 is 0. The molecule has 3 N–H and O–H groups in total. The average Bonchev–Trinajstić information content (AvgIpc) is 2.36. The Kier molecular flexibility index (Phi) is 5.99. The lowest BCUT2D eigenvalue weighted by molar-refractivity contribution is -0.115. The molecule has 0 atom stereocenters. The Balaban J connectivity index is 2.80. The van der Waals surface area contributed by atoms with Gasteiger partial charge >= 0.3 is 0 Å². The number of benzene rings is 1. The number of carbonyl (C=O) groups is 2. The summed E-state index contributed by atoms with van der Waals surface area (Å²) in [6.45, 7) is 5.57. The van der Waals surface area contributed by atoms with Crippen LogP contribution in [0.2, 0.25) is 0 Å². The first-order chi connectivity index (χ1) is 9.42. The maximum Gasteiger partial charge on any atom is 0.238 e. The summed E-state index contributed by atoms with van der Waals surface area (Å²) < 4.78 is 5.18. The van der Waals surface area contributed by atoms with E-state index in [2.05, 4.69) is 16.0 Å². The zero-order valence-electron chi connectivity index (χ0n) is 12.2. The zero-order chi connectivity index (χ0) is 15.1. The number of hydrogen-bond acceptors (Lipinski definition) is 4. The SMILES string of the molecule is COc1ccc(NC(C)=O)cc1NC(=O)CNC(C)C. The summed E-state index contributed by atoms with van der Waals surface area (Å²) in [5, 5.41) is 8.44. The predicted molar refractivity (Wildman–Crippen MR) is 79.1 cm³/mol. The Hall–Kier alpha value is -2.08. The van der Waals surface area contributed by atoms with Crippen LogP contribution < -0.4 is 20.7 Å². The minimum absolute atomic E-state index is 0.169. The molecule has 0 aliphatic heterocycles. The second-order valence-corrected chi connectivity index (χ2v) is 4.68. The molecule has 2 amide bonds. The molecule has 0 aliphatic carbocycles. The maximum atomic E-state index is 11.8. The van der Waals surface area contributed by atoms with Crippen LogP contribution in [0.4, 0.5) is 11.4 Å². The Morgan fingerprint density at radius 1 is 1.25 bits per heavy atom. The van der Waals surface area contributed by atoms with Gasteiger partial charge in [0, 0.05) is 18.7 Å². The van der Waals surface area contributed by atoms with Gasteiger partial charge in [0.15, 0.2) is 0 Å². The third-order valence-electron chi connectivity index (χ3n) is 2.46. The van der Waals surface area contributed by atoms with Gasteiger partial charge in [0.25, 0.3) is 0 Å². The molecule has 0 heterocycles. The fraction of sp³-hybridized carbons (Fsp3) is 0.429. The molecule has 20 heavy (non-hydrogen) atoms. The minimum Gasteiger partial charge on any atom is -0.495 e. The van der Waals surface area contributed by atoms with E-state index < -0.39 is 0 Å². The second kappa shape index (κ2) is 7.49. The van der Waals surface area contributed by atoms with Gasteiger partial charge < -0.3 is 20.7 Å². The number of amides is 2. The molecule has 110 valence electrons. The Bertz CT molecular complexity index is 487. The van der Waals surface area contributed by atoms with Crippen LogP contribution in [0.25, 0.3) is 0 Å². The monoisotopic (exact) mass is 279 g/mol. The van der Waals surface area contributed by atoms with Crippen molar-refractivity contribution in [2.45, 2.75) is 26.8 Å². The topological polar surface area (TPSA) is 79.5 Å². The van der Waals surface area contributed by atoms with Crippen LogP contribution in [0, 0.1) is 0 Å². The number of nitrogens with one attached hydrogen (secondary N) is 3. The summed E-state index contributed by atoms with van der Waals surface area (Å²) in [5.74, 6) is 0.197. The Labute approximate surface area is 118 Å². The van der Waals surface area contributed by atoms with Crippen LogP contribution in [0.15, 0.2) is 18.2 Å². The van der Waals surface area contributed by atoms with E-state index in [4.69, 9.17) is 4.74 Å². The van der Waals surface area contributed by atoms with Crippen molar-refractivity contribution < 1.29 is 14.3 Å². The number of anilines is 2. The van der Waals surface area contributed by atoms with Crippen molar-refractivity contribution in [2.75, 3.05) is 24.3 Å². The van der Waals surface area contributed by atoms with E-state index in [1.54, 1.807) is 18.2 Å². The summed E-state index contributed by atoms with van der Waals surface area (Å²) in [5.41, 5.74) is 1.12. The molecule has 0 saturated heterocycles. The molecule has 1 rings (SSSR count). The molecule has 0 aromatic heterocycles. The van der Waals surface area contributed by atoms with Gasteiger partial charge in [-0.15, -0.1) is 0 Å². The van der Waals surface area contributed by atoms with Crippen molar-refractivity contribution >= 4 is 23.2 Å². The van der Waals surface area contributed by atoms with Crippen LogP contribution in [0.1, 0.15) is 20.8 Å². The smallest absolute Gasteiger partial charge is 0.238 e. The van der Waals surface area contributed by atoms with Gasteiger partial charge in [-0.3, -0.25) is 9.59 Å². The molecule has 6 nitrogen and oxygen atoms in total. The molecule has 0 bridgehead atoms. The van der Waals surface area contributed by atoms with Crippen molar-refractivity contribution in [1.29, 1.82) is 0 Å². The highest BCUT2D eigenvalue weighted by Gasteiger charge is 2.09. The lowest BCUT2D eigenvalue weighted by Crippen LogP contribution is -2.32. The normalized spacial score (nSPS) is 10.2. The first-order valence-electron chi connectivity index (χ1n) is 6.41. The third kappa shape index (κ3) is 5.27. The van der Waals surface area contributed by atoms with Crippen molar-refractivity contribution in [1.82, 2.24) is 5.32 Å². The van der Waals surface area contributed by atoms with Crippen LogP contribution >= 0.6 is 0 Å². The molecule has 0 radical (unpaired) electrons. The van der Waals surface area contributed by atoms with Gasteiger partial charge in [0.05, 0.1) is 19.3 Å². The van der Waals surface area contributed by atoms with Crippen molar-refractivity contribution in [3.63, 3.8) is 0 Å². The zero-order valence-corrected chi connectivity index (χ0v) is 12.2. The second-order valence-electron chi connectivity index (χ2n) is 4.68. The molecule has 1 aromatic rings. The molecule has 0 fully saturated rings. The number of hydrogen-bond donors (Lipinski definition) is 3. The maximum absolute atomic E-state index is 11.8. The van der Waals surface area contributed by atoms with Crippen LogP contribution in [-0.4, -0.2) is 31.5 Å². The quantitative estimate of drug-likeness (QED) is 0.739. The highest BCUT2D eigenvalue weighted by Crippen LogP contribution is 2.27. The van der Waals surface area contributed by atoms with Crippen LogP contribution in [0.3, 0.4) is 0 Å². The van der Waals surface area contributed by atoms with Gasteiger partial charge in [0.1, 0.15) is 5.75 Å². The van der Waals surface area contributed by atoms with Gasteiger partial charge in [-0.05, 0) is 18.2 Å². The number of methoxy groups -OCH3 is 1. The summed E-state index contributed by atoms with van der Waals surface area (Å²) in [7, 11) is 1.52. The van der Waals surface area contributed by atoms with Crippen molar-refractivity contribution in [3.05, 3.63) is 18.2 Å². The Morgan fingerprint density at radius 3 is 2.50 bits per heavy atom.